The monoisotopic (exact) mass is 306 g/mol. The van der Waals surface area contributed by atoms with E-state index >= 15 is 0 Å². The summed E-state index contributed by atoms with van der Waals surface area (Å²) in [6.45, 7) is 4.07. The zero-order valence-corrected chi connectivity index (χ0v) is 13.2. The molecule has 0 saturated carbocycles. The van der Waals surface area contributed by atoms with Crippen molar-refractivity contribution in [2.24, 2.45) is 0 Å². The van der Waals surface area contributed by atoms with Crippen molar-refractivity contribution in [1.29, 1.82) is 0 Å². The molecule has 5 heteroatoms. The average Bonchev–Trinajstić information content (AvgIpc) is 2.95. The van der Waals surface area contributed by atoms with Crippen LogP contribution in [0.2, 0.25) is 0 Å². The molecule has 1 amide bonds. The molecule has 2 aromatic rings. The van der Waals surface area contributed by atoms with E-state index in [4.69, 9.17) is 0 Å². The van der Waals surface area contributed by atoms with Crippen molar-refractivity contribution >= 4 is 22.9 Å². The highest BCUT2D eigenvalue weighted by Gasteiger charge is 2.16. The molecule has 0 aliphatic carbocycles. The number of likely N-dealkylation sites (N-methyl/N-ethyl adjacent to an activating group) is 1. The van der Waals surface area contributed by atoms with Crippen LogP contribution in [0.5, 0.6) is 0 Å². The summed E-state index contributed by atoms with van der Waals surface area (Å²) in [5.74, 6) is -0.624. The zero-order valence-electron chi connectivity index (χ0n) is 12.4. The Morgan fingerprint density at radius 3 is 2.81 bits per heavy atom. The number of rotatable bonds is 5. The Bertz CT molecular complexity index is 613. The lowest BCUT2D eigenvalue weighted by Gasteiger charge is -2.23. The van der Waals surface area contributed by atoms with E-state index < -0.39 is 5.82 Å². The third-order valence-corrected chi connectivity index (χ3v) is 4.45. The minimum atomic E-state index is -0.405. The van der Waals surface area contributed by atoms with Gasteiger partial charge in [0.1, 0.15) is 5.82 Å². The molecular formula is C16H19FN2OS. The van der Waals surface area contributed by atoms with Crippen LogP contribution in [-0.2, 0) is 4.79 Å². The van der Waals surface area contributed by atoms with Crippen molar-refractivity contribution in [3.8, 4) is 0 Å². The van der Waals surface area contributed by atoms with E-state index in [1.165, 1.54) is 10.9 Å². The second kappa shape index (κ2) is 6.83. The van der Waals surface area contributed by atoms with Crippen LogP contribution in [0.1, 0.15) is 23.4 Å². The third-order valence-electron chi connectivity index (χ3n) is 3.41. The van der Waals surface area contributed by atoms with Crippen LogP contribution < -0.4 is 5.32 Å². The smallest absolute Gasteiger partial charge is 0.238 e. The number of hydrogen-bond acceptors (Lipinski definition) is 3. The lowest BCUT2D eigenvalue weighted by atomic mass is 10.2. The van der Waals surface area contributed by atoms with E-state index in [2.05, 4.69) is 5.32 Å². The number of benzene rings is 1. The Hall–Kier alpha value is -1.72. The molecule has 2 rings (SSSR count). The number of hydrogen-bond donors (Lipinski definition) is 1. The van der Waals surface area contributed by atoms with Gasteiger partial charge in [-0.25, -0.2) is 4.39 Å². The van der Waals surface area contributed by atoms with Crippen LogP contribution in [0, 0.1) is 12.7 Å². The number of halogens is 1. The largest absolute Gasteiger partial charge is 0.322 e. The molecule has 0 aliphatic rings. The summed E-state index contributed by atoms with van der Waals surface area (Å²) in [5, 5.41) is 4.63. The van der Waals surface area contributed by atoms with Crippen molar-refractivity contribution in [3.63, 3.8) is 0 Å². The van der Waals surface area contributed by atoms with Crippen LogP contribution in [0.4, 0.5) is 10.1 Å². The van der Waals surface area contributed by atoms with Crippen LogP contribution >= 0.6 is 11.3 Å². The minimum absolute atomic E-state index is 0.151. The number of nitrogens with zero attached hydrogens (tertiary/aromatic N) is 1. The second-order valence-corrected chi connectivity index (χ2v) is 6.12. The van der Waals surface area contributed by atoms with Gasteiger partial charge >= 0.3 is 0 Å². The van der Waals surface area contributed by atoms with Gasteiger partial charge in [0.2, 0.25) is 5.91 Å². The summed E-state index contributed by atoms with van der Waals surface area (Å²) in [5.41, 5.74) is 1.05. The van der Waals surface area contributed by atoms with E-state index in [1.807, 2.05) is 43.3 Å². The Morgan fingerprint density at radius 2 is 2.19 bits per heavy atom. The van der Waals surface area contributed by atoms with Crippen molar-refractivity contribution in [2.75, 3.05) is 18.9 Å². The highest BCUT2D eigenvalue weighted by atomic mass is 32.1. The molecule has 1 heterocycles. The Balaban J connectivity index is 1.95. The fourth-order valence-corrected chi connectivity index (χ4v) is 2.87. The van der Waals surface area contributed by atoms with Crippen LogP contribution in [0.15, 0.2) is 35.7 Å². The summed E-state index contributed by atoms with van der Waals surface area (Å²) in [4.78, 5) is 15.2. The van der Waals surface area contributed by atoms with Gasteiger partial charge in [0.05, 0.1) is 12.2 Å². The lowest BCUT2D eigenvalue weighted by Crippen LogP contribution is -2.32. The summed E-state index contributed by atoms with van der Waals surface area (Å²) in [6, 6.07) is 8.96. The predicted octanol–water partition coefficient (Wildman–Crippen LogP) is 3.83. The van der Waals surface area contributed by atoms with E-state index in [9.17, 15) is 9.18 Å². The SMILES string of the molecule is Cc1ccc(NC(=O)CN(C)[C@H](C)c2cccs2)c(F)c1. The molecule has 1 atom stereocenters. The molecule has 0 saturated heterocycles. The van der Waals surface area contributed by atoms with Gasteiger partial charge in [-0.15, -0.1) is 11.3 Å². The standard InChI is InChI=1S/C16H19FN2OS/c1-11-6-7-14(13(17)9-11)18-16(20)10-19(3)12(2)15-5-4-8-21-15/h4-9,12H,10H2,1-3H3,(H,18,20)/t12-/m1/s1. The summed E-state index contributed by atoms with van der Waals surface area (Å²) >= 11 is 1.66. The topological polar surface area (TPSA) is 32.3 Å². The Kier molecular flexibility index (Phi) is 5.09. The van der Waals surface area contributed by atoms with Gasteiger partial charge in [0.15, 0.2) is 0 Å². The van der Waals surface area contributed by atoms with Crippen LogP contribution in [0.25, 0.3) is 0 Å². The maximum atomic E-state index is 13.7. The normalized spacial score (nSPS) is 12.4. The Morgan fingerprint density at radius 1 is 1.43 bits per heavy atom. The average molecular weight is 306 g/mol. The molecule has 0 spiro atoms. The quantitative estimate of drug-likeness (QED) is 0.910. The van der Waals surface area contributed by atoms with Gasteiger partial charge in [-0.1, -0.05) is 12.1 Å². The van der Waals surface area contributed by atoms with Gasteiger partial charge in [-0.3, -0.25) is 9.69 Å². The van der Waals surface area contributed by atoms with Crippen molar-refractivity contribution in [3.05, 3.63) is 52.0 Å². The molecule has 112 valence electrons. The molecule has 1 aromatic heterocycles. The number of amides is 1. The highest BCUT2D eigenvalue weighted by Crippen LogP contribution is 2.23. The highest BCUT2D eigenvalue weighted by molar-refractivity contribution is 7.10. The first-order valence-electron chi connectivity index (χ1n) is 6.77. The minimum Gasteiger partial charge on any atom is -0.322 e. The summed E-state index contributed by atoms with van der Waals surface area (Å²) in [7, 11) is 1.88. The van der Waals surface area contributed by atoms with Gasteiger partial charge in [-0.05, 0) is 50.0 Å². The molecule has 1 N–H and O–H groups in total. The molecule has 0 fully saturated rings. The maximum Gasteiger partial charge on any atom is 0.238 e. The summed E-state index contributed by atoms with van der Waals surface area (Å²) < 4.78 is 13.7. The summed E-state index contributed by atoms with van der Waals surface area (Å²) in [6.07, 6.45) is 0. The van der Waals surface area contributed by atoms with Gasteiger partial charge in [0, 0.05) is 10.9 Å². The Labute approximate surface area is 128 Å². The van der Waals surface area contributed by atoms with Crippen molar-refractivity contribution in [2.45, 2.75) is 19.9 Å². The van der Waals surface area contributed by atoms with E-state index in [0.29, 0.717) is 0 Å². The lowest BCUT2D eigenvalue weighted by molar-refractivity contribution is -0.117. The van der Waals surface area contributed by atoms with E-state index in [1.54, 1.807) is 23.5 Å². The number of thiophene rings is 1. The van der Waals surface area contributed by atoms with E-state index in [-0.39, 0.29) is 24.2 Å². The van der Waals surface area contributed by atoms with Gasteiger partial charge in [-0.2, -0.15) is 0 Å². The first-order valence-corrected chi connectivity index (χ1v) is 7.65. The first kappa shape index (κ1) is 15.7. The molecule has 21 heavy (non-hydrogen) atoms. The number of nitrogens with one attached hydrogen (secondary N) is 1. The molecule has 1 aromatic carbocycles. The van der Waals surface area contributed by atoms with Gasteiger partial charge in [0.25, 0.3) is 0 Å². The fraction of sp³-hybridized carbons (Fsp3) is 0.312. The number of aryl methyl sites for hydroxylation is 1. The molecule has 0 radical (unpaired) electrons. The molecule has 3 nitrogen and oxygen atoms in total. The van der Waals surface area contributed by atoms with E-state index in [0.717, 1.165) is 5.56 Å². The molecule has 0 unspecified atom stereocenters. The molecule has 0 bridgehead atoms. The molecular weight excluding hydrogens is 287 g/mol. The first-order chi connectivity index (χ1) is 9.97. The van der Waals surface area contributed by atoms with Crippen molar-refractivity contribution < 1.29 is 9.18 Å². The van der Waals surface area contributed by atoms with Gasteiger partial charge < -0.3 is 5.32 Å². The fourth-order valence-electron chi connectivity index (χ4n) is 2.02. The van der Waals surface area contributed by atoms with Crippen LogP contribution in [-0.4, -0.2) is 24.4 Å². The number of carbonyl (C=O) groups excluding carboxylic acids is 1. The number of anilines is 1. The van der Waals surface area contributed by atoms with Crippen molar-refractivity contribution in [1.82, 2.24) is 4.90 Å². The number of carbonyl (C=O) groups is 1. The van der Waals surface area contributed by atoms with Crippen LogP contribution in [0.3, 0.4) is 0 Å². The predicted molar refractivity (Wildman–Crippen MR) is 85.1 cm³/mol. The second-order valence-electron chi connectivity index (χ2n) is 5.14. The molecule has 0 aliphatic heterocycles. The maximum absolute atomic E-state index is 13.7. The zero-order chi connectivity index (χ0) is 15.4. The third kappa shape index (κ3) is 4.12.